The van der Waals surface area contributed by atoms with Gasteiger partial charge in [0.1, 0.15) is 6.10 Å². The van der Waals surface area contributed by atoms with Crippen LogP contribution in [-0.4, -0.2) is 44.0 Å². The summed E-state index contributed by atoms with van der Waals surface area (Å²) in [5.41, 5.74) is 0. The highest BCUT2D eigenvalue weighted by atomic mass is 35.5. The summed E-state index contributed by atoms with van der Waals surface area (Å²) in [5, 5.41) is 0.118. The largest absolute Gasteiger partial charge is 0.379 e. The van der Waals surface area contributed by atoms with E-state index in [-0.39, 0.29) is 17.6 Å². The van der Waals surface area contributed by atoms with Gasteiger partial charge in [-0.3, -0.25) is 0 Å². The number of hydrogen-bond donors (Lipinski definition) is 0. The third kappa shape index (κ3) is 3.39. The third-order valence-corrected chi connectivity index (χ3v) is 2.73. The second-order valence-corrected chi connectivity index (χ2v) is 3.84. The predicted octanol–water partition coefficient (Wildman–Crippen LogP) is 1.82. The lowest BCUT2D eigenvalue weighted by molar-refractivity contribution is -0.128. The highest BCUT2D eigenvalue weighted by Crippen LogP contribution is 2.31. The van der Waals surface area contributed by atoms with Gasteiger partial charge in [-0.25, -0.2) is 0 Å². The molecule has 4 heteroatoms. The molecule has 0 spiro atoms. The van der Waals surface area contributed by atoms with Crippen LogP contribution in [0.25, 0.3) is 0 Å². The zero-order valence-corrected chi connectivity index (χ0v) is 9.63. The van der Waals surface area contributed by atoms with Crippen LogP contribution >= 0.6 is 11.6 Å². The zero-order valence-electron chi connectivity index (χ0n) is 8.87. The van der Waals surface area contributed by atoms with Gasteiger partial charge >= 0.3 is 0 Å². The molecule has 0 amide bonds. The van der Waals surface area contributed by atoms with Crippen LogP contribution in [0.5, 0.6) is 0 Å². The number of alkyl halides is 1. The van der Waals surface area contributed by atoms with E-state index in [2.05, 4.69) is 0 Å². The van der Waals surface area contributed by atoms with Gasteiger partial charge in [0.05, 0.1) is 24.7 Å². The van der Waals surface area contributed by atoms with Crippen molar-refractivity contribution < 1.29 is 14.2 Å². The van der Waals surface area contributed by atoms with Gasteiger partial charge in [-0.15, -0.1) is 11.6 Å². The van der Waals surface area contributed by atoms with Crippen LogP contribution in [0, 0.1) is 0 Å². The maximum absolute atomic E-state index is 5.99. The summed E-state index contributed by atoms with van der Waals surface area (Å²) < 4.78 is 16.2. The molecule has 0 saturated heterocycles. The van der Waals surface area contributed by atoms with Gasteiger partial charge < -0.3 is 14.2 Å². The lowest BCUT2D eigenvalue weighted by Gasteiger charge is -2.40. The Hall–Kier alpha value is 0.170. The number of halogens is 1. The first kappa shape index (κ1) is 12.2. The standard InChI is InChI=1S/C10H19ClO3/c1-3-12-5-6-14-9-7-8(11)10(9)13-4-2/h8-10H,3-7H2,1-2H3. The first-order valence-corrected chi connectivity index (χ1v) is 5.68. The van der Waals surface area contributed by atoms with E-state index in [0.717, 1.165) is 13.0 Å². The normalized spacial score (nSPS) is 31.5. The van der Waals surface area contributed by atoms with Crippen LogP contribution in [0.3, 0.4) is 0 Å². The molecule has 0 aromatic rings. The van der Waals surface area contributed by atoms with Gasteiger partial charge in [-0.2, -0.15) is 0 Å². The predicted molar refractivity (Wildman–Crippen MR) is 55.9 cm³/mol. The van der Waals surface area contributed by atoms with Gasteiger partial charge in [0.15, 0.2) is 0 Å². The highest BCUT2D eigenvalue weighted by molar-refractivity contribution is 6.21. The summed E-state index contributed by atoms with van der Waals surface area (Å²) in [7, 11) is 0. The molecule has 1 aliphatic rings. The molecular formula is C10H19ClO3. The fourth-order valence-corrected chi connectivity index (χ4v) is 1.91. The summed E-state index contributed by atoms with van der Waals surface area (Å²) in [5.74, 6) is 0. The van der Waals surface area contributed by atoms with Crippen molar-refractivity contribution in [3.63, 3.8) is 0 Å². The van der Waals surface area contributed by atoms with E-state index in [1.165, 1.54) is 0 Å². The molecule has 0 aliphatic heterocycles. The number of rotatable bonds is 7. The Bertz CT molecular complexity index is 154. The van der Waals surface area contributed by atoms with E-state index in [9.17, 15) is 0 Å². The molecule has 0 aromatic heterocycles. The van der Waals surface area contributed by atoms with E-state index in [1.807, 2.05) is 13.8 Å². The van der Waals surface area contributed by atoms with Crippen LogP contribution in [0.1, 0.15) is 20.3 Å². The van der Waals surface area contributed by atoms with E-state index < -0.39 is 0 Å². The molecule has 0 aromatic carbocycles. The lowest BCUT2D eigenvalue weighted by atomic mass is 9.91. The van der Waals surface area contributed by atoms with Crippen molar-refractivity contribution in [3.8, 4) is 0 Å². The summed E-state index contributed by atoms with van der Waals surface area (Å²) in [6.07, 6.45) is 1.12. The van der Waals surface area contributed by atoms with Gasteiger partial charge in [0.2, 0.25) is 0 Å². The van der Waals surface area contributed by atoms with E-state index in [1.54, 1.807) is 0 Å². The smallest absolute Gasteiger partial charge is 0.100 e. The monoisotopic (exact) mass is 222 g/mol. The van der Waals surface area contributed by atoms with Crippen LogP contribution in [0.2, 0.25) is 0 Å². The number of hydrogen-bond acceptors (Lipinski definition) is 3. The molecule has 14 heavy (non-hydrogen) atoms. The van der Waals surface area contributed by atoms with Crippen molar-refractivity contribution in [1.82, 2.24) is 0 Å². The minimum absolute atomic E-state index is 0.0725. The Balaban J connectivity index is 2.06. The van der Waals surface area contributed by atoms with Crippen LogP contribution in [0.4, 0.5) is 0 Å². The van der Waals surface area contributed by atoms with Crippen molar-refractivity contribution in [1.29, 1.82) is 0 Å². The number of ether oxygens (including phenoxy) is 3. The van der Waals surface area contributed by atoms with Crippen LogP contribution in [-0.2, 0) is 14.2 Å². The molecule has 0 N–H and O–H groups in total. The average molecular weight is 223 g/mol. The zero-order chi connectivity index (χ0) is 10.4. The average Bonchev–Trinajstić information content (AvgIpc) is 2.19. The molecule has 1 aliphatic carbocycles. The summed E-state index contributed by atoms with van der Waals surface area (Å²) in [6, 6.07) is 0. The van der Waals surface area contributed by atoms with Crippen LogP contribution < -0.4 is 0 Å². The van der Waals surface area contributed by atoms with E-state index >= 15 is 0 Å². The first-order valence-electron chi connectivity index (χ1n) is 5.24. The van der Waals surface area contributed by atoms with Gasteiger partial charge in [0, 0.05) is 13.2 Å². The molecule has 3 nitrogen and oxygen atoms in total. The fraction of sp³-hybridized carbons (Fsp3) is 1.00. The van der Waals surface area contributed by atoms with Crippen molar-refractivity contribution in [3.05, 3.63) is 0 Å². The molecule has 1 fully saturated rings. The second kappa shape index (κ2) is 6.62. The second-order valence-electron chi connectivity index (χ2n) is 3.28. The molecule has 0 heterocycles. The molecule has 84 valence electrons. The minimum Gasteiger partial charge on any atom is -0.379 e. The quantitative estimate of drug-likeness (QED) is 0.486. The van der Waals surface area contributed by atoms with Gasteiger partial charge in [0.25, 0.3) is 0 Å². The highest BCUT2D eigenvalue weighted by Gasteiger charge is 2.41. The van der Waals surface area contributed by atoms with Crippen molar-refractivity contribution in [2.24, 2.45) is 0 Å². The SMILES string of the molecule is CCOCCOC1CC(Cl)C1OCC. The van der Waals surface area contributed by atoms with Crippen molar-refractivity contribution >= 4 is 11.6 Å². The lowest BCUT2D eigenvalue weighted by Crippen LogP contribution is -2.51. The molecule has 0 bridgehead atoms. The molecule has 3 atom stereocenters. The Morgan fingerprint density at radius 2 is 1.93 bits per heavy atom. The summed E-state index contributed by atoms with van der Waals surface area (Å²) in [4.78, 5) is 0. The Morgan fingerprint density at radius 3 is 2.50 bits per heavy atom. The van der Waals surface area contributed by atoms with E-state index in [4.69, 9.17) is 25.8 Å². The fourth-order valence-electron chi connectivity index (χ4n) is 1.50. The minimum atomic E-state index is 0.0725. The molecule has 0 radical (unpaired) electrons. The topological polar surface area (TPSA) is 27.7 Å². The van der Waals surface area contributed by atoms with Gasteiger partial charge in [-0.1, -0.05) is 0 Å². The summed E-state index contributed by atoms with van der Waals surface area (Å²) >= 11 is 5.99. The van der Waals surface area contributed by atoms with E-state index in [0.29, 0.717) is 19.8 Å². The Labute approximate surface area is 90.7 Å². The van der Waals surface area contributed by atoms with Gasteiger partial charge in [-0.05, 0) is 20.3 Å². The van der Waals surface area contributed by atoms with Crippen molar-refractivity contribution in [2.45, 2.75) is 37.9 Å². The third-order valence-electron chi connectivity index (χ3n) is 2.30. The molecule has 1 rings (SSSR count). The molecular weight excluding hydrogens is 204 g/mol. The maximum Gasteiger partial charge on any atom is 0.100 e. The Kier molecular flexibility index (Phi) is 5.78. The molecule has 1 saturated carbocycles. The summed E-state index contributed by atoms with van der Waals surface area (Å²) in [6.45, 7) is 6.66. The van der Waals surface area contributed by atoms with Crippen molar-refractivity contribution in [2.75, 3.05) is 26.4 Å². The maximum atomic E-state index is 5.99. The van der Waals surface area contributed by atoms with Crippen LogP contribution in [0.15, 0.2) is 0 Å². The molecule has 3 unspecified atom stereocenters. The Morgan fingerprint density at radius 1 is 1.14 bits per heavy atom. The first-order chi connectivity index (χ1) is 6.79.